The Morgan fingerprint density at radius 3 is 1.49 bits per heavy atom. The molecule has 9 aromatic carbocycles. The van der Waals surface area contributed by atoms with Crippen LogP contribution in [0.15, 0.2) is 167 Å². The van der Waals surface area contributed by atoms with Crippen molar-refractivity contribution in [3.8, 4) is 22.3 Å². The van der Waals surface area contributed by atoms with Crippen molar-refractivity contribution in [1.82, 2.24) is 0 Å². The Hall–Kier alpha value is -6.42. The molecule has 0 N–H and O–H groups in total. The van der Waals surface area contributed by atoms with Crippen molar-refractivity contribution in [2.75, 3.05) is 0 Å². The number of benzene rings is 9. The highest BCUT2D eigenvalue weighted by atomic mass is 32.1. The van der Waals surface area contributed by atoms with Crippen LogP contribution in [0.5, 0.6) is 0 Å². The van der Waals surface area contributed by atoms with E-state index in [1.165, 1.54) is 74.6 Å². The van der Waals surface area contributed by atoms with E-state index in [0.29, 0.717) is 0 Å². The number of hydrogen-bond donors (Lipinski definition) is 0. The largest absolute Gasteiger partial charge is 0.456 e. The van der Waals surface area contributed by atoms with Crippen LogP contribution in [0.3, 0.4) is 0 Å². The first kappa shape index (κ1) is 27.4. The predicted octanol–water partition coefficient (Wildman–Crippen LogP) is 14.6. The lowest BCUT2D eigenvalue weighted by Gasteiger charge is -2.17. The molecule has 0 fully saturated rings. The highest BCUT2D eigenvalue weighted by Gasteiger charge is 2.22. The third-order valence-electron chi connectivity index (χ3n) is 10.8. The number of hydrogen-bond acceptors (Lipinski definition) is 3. The van der Waals surface area contributed by atoms with Crippen molar-refractivity contribution >= 4 is 108 Å². The molecule has 0 aliphatic rings. The van der Waals surface area contributed by atoms with Crippen LogP contribution in [0.25, 0.3) is 119 Å². The van der Waals surface area contributed by atoms with Gasteiger partial charge in [-0.2, -0.15) is 0 Å². The summed E-state index contributed by atoms with van der Waals surface area (Å²) < 4.78 is 15.5. The van der Waals surface area contributed by atoms with E-state index in [1.807, 2.05) is 23.5 Å². The molecule has 12 aromatic rings. The average molecular weight is 667 g/mol. The lowest BCUT2D eigenvalue weighted by molar-refractivity contribution is 0.669. The van der Waals surface area contributed by atoms with Crippen LogP contribution in [-0.2, 0) is 0 Å². The molecule has 0 saturated carbocycles. The molecule has 236 valence electrons. The highest BCUT2D eigenvalue weighted by molar-refractivity contribution is 7.27. The summed E-state index contributed by atoms with van der Waals surface area (Å²) in [5, 5.41) is 14.6. The van der Waals surface area contributed by atoms with Crippen molar-refractivity contribution in [3.05, 3.63) is 158 Å². The van der Waals surface area contributed by atoms with Gasteiger partial charge in [-0.25, -0.2) is 0 Å². The SMILES string of the molecule is c1ccc2c(c1)oc1cc(-c3c4ccccc4c(-c4ccc5c(c4)sc4c6ccccc6c6oc7ccccc7c6c54)c4ccccc34)ccc12. The molecular formula is C48H26O2S. The molecule has 0 atom stereocenters. The molecule has 0 unspecified atom stereocenters. The Morgan fingerprint density at radius 1 is 0.333 bits per heavy atom. The minimum Gasteiger partial charge on any atom is -0.456 e. The van der Waals surface area contributed by atoms with E-state index in [1.54, 1.807) is 0 Å². The van der Waals surface area contributed by atoms with Gasteiger partial charge in [-0.1, -0.05) is 127 Å². The fourth-order valence-corrected chi connectivity index (χ4v) is 9.97. The highest BCUT2D eigenvalue weighted by Crippen LogP contribution is 2.50. The lowest BCUT2D eigenvalue weighted by Crippen LogP contribution is -1.90. The summed E-state index contributed by atoms with van der Waals surface area (Å²) in [5.41, 5.74) is 8.60. The zero-order valence-electron chi connectivity index (χ0n) is 27.2. The van der Waals surface area contributed by atoms with Crippen molar-refractivity contribution in [2.24, 2.45) is 0 Å². The molecule has 2 nitrogen and oxygen atoms in total. The lowest BCUT2D eigenvalue weighted by atomic mass is 9.85. The molecule has 0 spiro atoms. The van der Waals surface area contributed by atoms with Crippen LogP contribution in [0.4, 0.5) is 0 Å². The Labute approximate surface area is 295 Å². The Kier molecular flexibility index (Phi) is 5.41. The third-order valence-corrected chi connectivity index (χ3v) is 12.0. The molecule has 0 amide bonds. The van der Waals surface area contributed by atoms with E-state index >= 15 is 0 Å². The van der Waals surface area contributed by atoms with Crippen LogP contribution >= 0.6 is 11.3 Å². The molecule has 3 aromatic heterocycles. The van der Waals surface area contributed by atoms with E-state index in [2.05, 4.69) is 146 Å². The molecule has 0 radical (unpaired) electrons. The van der Waals surface area contributed by atoms with E-state index < -0.39 is 0 Å². The normalized spacial score (nSPS) is 12.3. The first-order chi connectivity index (χ1) is 25.3. The van der Waals surface area contributed by atoms with Gasteiger partial charge in [-0.05, 0) is 74.1 Å². The van der Waals surface area contributed by atoms with Crippen molar-refractivity contribution in [2.45, 2.75) is 0 Å². The van der Waals surface area contributed by atoms with Gasteiger partial charge in [0.05, 0.1) is 0 Å². The number of para-hydroxylation sites is 2. The molecule has 12 rings (SSSR count). The summed E-state index contributed by atoms with van der Waals surface area (Å²) in [6.07, 6.45) is 0. The summed E-state index contributed by atoms with van der Waals surface area (Å²) in [4.78, 5) is 0. The summed E-state index contributed by atoms with van der Waals surface area (Å²) in [6, 6.07) is 56.9. The molecule has 0 aliphatic carbocycles. The smallest absolute Gasteiger partial charge is 0.143 e. The summed E-state index contributed by atoms with van der Waals surface area (Å²) in [6.45, 7) is 0. The van der Waals surface area contributed by atoms with Crippen molar-refractivity contribution in [3.63, 3.8) is 0 Å². The van der Waals surface area contributed by atoms with Gasteiger partial charge in [0, 0.05) is 52.5 Å². The number of furan rings is 2. The molecule has 3 heteroatoms. The number of rotatable bonds is 2. The fraction of sp³-hybridized carbons (Fsp3) is 0. The van der Waals surface area contributed by atoms with E-state index in [9.17, 15) is 0 Å². The monoisotopic (exact) mass is 666 g/mol. The third kappa shape index (κ3) is 3.71. The second-order valence-electron chi connectivity index (χ2n) is 13.5. The summed E-state index contributed by atoms with van der Waals surface area (Å²) in [7, 11) is 0. The quantitative estimate of drug-likeness (QED) is 0.172. The minimum atomic E-state index is 0.910. The van der Waals surface area contributed by atoms with Gasteiger partial charge in [0.1, 0.15) is 22.3 Å². The van der Waals surface area contributed by atoms with Gasteiger partial charge in [0.25, 0.3) is 0 Å². The maximum Gasteiger partial charge on any atom is 0.143 e. The Bertz CT molecular complexity index is 3370. The average Bonchev–Trinajstić information content (AvgIpc) is 3.88. The molecule has 51 heavy (non-hydrogen) atoms. The first-order valence-electron chi connectivity index (χ1n) is 17.3. The van der Waals surface area contributed by atoms with Crippen LogP contribution in [-0.4, -0.2) is 0 Å². The van der Waals surface area contributed by atoms with Gasteiger partial charge < -0.3 is 8.83 Å². The maximum atomic E-state index is 6.57. The second-order valence-corrected chi connectivity index (χ2v) is 14.6. The first-order valence-corrected chi connectivity index (χ1v) is 18.2. The Balaban J connectivity index is 1.15. The van der Waals surface area contributed by atoms with Gasteiger partial charge in [0.15, 0.2) is 0 Å². The number of thiophene rings is 1. The maximum absolute atomic E-state index is 6.57. The van der Waals surface area contributed by atoms with Gasteiger partial charge in [-0.15, -0.1) is 11.3 Å². The molecule has 0 bridgehead atoms. The Morgan fingerprint density at radius 2 is 0.824 bits per heavy atom. The van der Waals surface area contributed by atoms with E-state index in [0.717, 1.165) is 44.1 Å². The zero-order chi connectivity index (χ0) is 33.2. The van der Waals surface area contributed by atoms with E-state index in [4.69, 9.17) is 8.83 Å². The van der Waals surface area contributed by atoms with Crippen LogP contribution in [0.1, 0.15) is 0 Å². The van der Waals surface area contributed by atoms with Crippen LogP contribution in [0.2, 0.25) is 0 Å². The van der Waals surface area contributed by atoms with Crippen molar-refractivity contribution < 1.29 is 8.83 Å². The fourth-order valence-electron chi connectivity index (χ4n) is 8.68. The van der Waals surface area contributed by atoms with Crippen LogP contribution < -0.4 is 0 Å². The van der Waals surface area contributed by atoms with E-state index in [-0.39, 0.29) is 0 Å². The second kappa shape index (κ2) is 10.1. The molecule has 0 saturated heterocycles. The van der Waals surface area contributed by atoms with Crippen LogP contribution in [0, 0.1) is 0 Å². The molecule has 3 heterocycles. The molecular weight excluding hydrogens is 641 g/mol. The minimum absolute atomic E-state index is 0.910. The molecule has 0 aliphatic heterocycles. The topological polar surface area (TPSA) is 26.3 Å². The summed E-state index contributed by atoms with van der Waals surface area (Å²) in [5.74, 6) is 0. The van der Waals surface area contributed by atoms with Crippen molar-refractivity contribution in [1.29, 1.82) is 0 Å². The standard InChI is InChI=1S/C48H26O2S/c1-3-14-33-31(12-1)43(27-21-23-30-29-11-7-9-19-39(29)49-41(30)25-27)32-13-2-4-15-34(32)44(33)28-22-24-38-42(26-28)51-48-36-17-6-5-16-35(36)47-45(46(38)48)37-18-8-10-20-40(37)50-47/h1-26H. The van der Waals surface area contributed by atoms with Gasteiger partial charge in [-0.3, -0.25) is 0 Å². The number of fused-ring (bicyclic) bond motifs is 15. The predicted molar refractivity (Wildman–Crippen MR) is 217 cm³/mol. The van der Waals surface area contributed by atoms with Gasteiger partial charge in [0.2, 0.25) is 0 Å². The summed E-state index contributed by atoms with van der Waals surface area (Å²) >= 11 is 1.89. The van der Waals surface area contributed by atoms with Gasteiger partial charge >= 0.3 is 0 Å². The zero-order valence-corrected chi connectivity index (χ0v) is 28.1.